The van der Waals surface area contributed by atoms with Gasteiger partial charge in [-0.2, -0.15) is 0 Å². The van der Waals surface area contributed by atoms with Crippen LogP contribution in [0.2, 0.25) is 0 Å². The fourth-order valence-corrected chi connectivity index (χ4v) is 1.65. The van der Waals surface area contributed by atoms with Crippen molar-refractivity contribution >= 4 is 5.65 Å². The number of aromatic nitrogens is 2. The van der Waals surface area contributed by atoms with Crippen molar-refractivity contribution in [3.05, 3.63) is 35.8 Å². The number of imidazole rings is 1. The SMILES string of the molecule is CCC(C)c1ccc2ncc(C)n2c1. The van der Waals surface area contributed by atoms with Crippen LogP contribution in [0, 0.1) is 6.92 Å². The fraction of sp³-hybridized carbons (Fsp3) is 0.417. The zero-order valence-electron chi connectivity index (χ0n) is 8.99. The molecule has 2 aromatic heterocycles. The zero-order valence-corrected chi connectivity index (χ0v) is 8.99. The number of hydrogen-bond acceptors (Lipinski definition) is 1. The topological polar surface area (TPSA) is 17.3 Å². The van der Waals surface area contributed by atoms with Crippen molar-refractivity contribution in [1.29, 1.82) is 0 Å². The molecular weight excluding hydrogens is 172 g/mol. The molecule has 0 aliphatic carbocycles. The lowest BCUT2D eigenvalue weighted by Crippen LogP contribution is -1.95. The van der Waals surface area contributed by atoms with Gasteiger partial charge in [0.15, 0.2) is 0 Å². The Bertz CT molecular complexity index is 443. The lowest BCUT2D eigenvalue weighted by molar-refractivity contribution is 0.727. The molecule has 2 heteroatoms. The summed E-state index contributed by atoms with van der Waals surface area (Å²) in [5.74, 6) is 0.626. The van der Waals surface area contributed by atoms with Crippen LogP contribution in [-0.2, 0) is 0 Å². The highest BCUT2D eigenvalue weighted by atomic mass is 15.0. The van der Waals surface area contributed by atoms with E-state index in [1.54, 1.807) is 0 Å². The molecule has 2 nitrogen and oxygen atoms in total. The van der Waals surface area contributed by atoms with Crippen molar-refractivity contribution in [3.8, 4) is 0 Å². The summed E-state index contributed by atoms with van der Waals surface area (Å²) in [5, 5.41) is 0. The quantitative estimate of drug-likeness (QED) is 0.707. The Morgan fingerprint density at radius 2 is 2.21 bits per heavy atom. The molecule has 0 bridgehead atoms. The van der Waals surface area contributed by atoms with Crippen LogP contribution >= 0.6 is 0 Å². The molecule has 1 unspecified atom stereocenters. The minimum absolute atomic E-state index is 0.626. The summed E-state index contributed by atoms with van der Waals surface area (Å²) in [7, 11) is 0. The van der Waals surface area contributed by atoms with E-state index in [0.717, 1.165) is 5.65 Å². The van der Waals surface area contributed by atoms with E-state index in [1.807, 2.05) is 6.20 Å². The summed E-state index contributed by atoms with van der Waals surface area (Å²) in [4.78, 5) is 4.31. The molecule has 1 atom stereocenters. The maximum absolute atomic E-state index is 4.31. The highest BCUT2D eigenvalue weighted by Gasteiger charge is 2.05. The van der Waals surface area contributed by atoms with Gasteiger partial charge in [0.25, 0.3) is 0 Å². The van der Waals surface area contributed by atoms with Gasteiger partial charge in [0.1, 0.15) is 5.65 Å². The van der Waals surface area contributed by atoms with Crippen molar-refractivity contribution in [1.82, 2.24) is 9.38 Å². The van der Waals surface area contributed by atoms with E-state index in [4.69, 9.17) is 0 Å². The van der Waals surface area contributed by atoms with Crippen LogP contribution in [0.5, 0.6) is 0 Å². The molecule has 0 amide bonds. The Kier molecular flexibility index (Phi) is 2.28. The Hall–Kier alpha value is -1.31. The Morgan fingerprint density at radius 3 is 2.93 bits per heavy atom. The highest BCUT2D eigenvalue weighted by Crippen LogP contribution is 2.19. The van der Waals surface area contributed by atoms with Gasteiger partial charge in [-0.25, -0.2) is 4.98 Å². The summed E-state index contributed by atoms with van der Waals surface area (Å²) in [5.41, 5.74) is 3.63. The maximum atomic E-state index is 4.31. The van der Waals surface area contributed by atoms with E-state index in [1.165, 1.54) is 17.7 Å². The molecule has 2 aromatic rings. The van der Waals surface area contributed by atoms with Gasteiger partial charge >= 0.3 is 0 Å². The van der Waals surface area contributed by atoms with E-state index in [9.17, 15) is 0 Å². The third kappa shape index (κ3) is 1.41. The first-order chi connectivity index (χ1) is 6.72. The van der Waals surface area contributed by atoms with Gasteiger partial charge in [0.2, 0.25) is 0 Å². The van der Waals surface area contributed by atoms with Crippen LogP contribution in [0.3, 0.4) is 0 Å². The fourth-order valence-electron chi connectivity index (χ4n) is 1.65. The Labute approximate surface area is 84.6 Å². The molecule has 14 heavy (non-hydrogen) atoms. The lowest BCUT2D eigenvalue weighted by Gasteiger charge is -2.09. The van der Waals surface area contributed by atoms with E-state index in [-0.39, 0.29) is 0 Å². The zero-order chi connectivity index (χ0) is 10.1. The average Bonchev–Trinajstić information content (AvgIpc) is 2.59. The smallest absolute Gasteiger partial charge is 0.136 e. The van der Waals surface area contributed by atoms with E-state index < -0.39 is 0 Å². The number of hydrogen-bond donors (Lipinski definition) is 0. The van der Waals surface area contributed by atoms with Crippen molar-refractivity contribution < 1.29 is 0 Å². The molecule has 0 aliphatic heterocycles. The Morgan fingerprint density at radius 1 is 1.43 bits per heavy atom. The van der Waals surface area contributed by atoms with Crippen LogP contribution in [0.25, 0.3) is 5.65 Å². The van der Waals surface area contributed by atoms with Crippen LogP contribution in [0.15, 0.2) is 24.5 Å². The van der Waals surface area contributed by atoms with Crippen molar-refractivity contribution in [2.75, 3.05) is 0 Å². The summed E-state index contributed by atoms with van der Waals surface area (Å²) in [6.07, 6.45) is 5.29. The molecule has 0 saturated carbocycles. The van der Waals surface area contributed by atoms with Gasteiger partial charge in [0, 0.05) is 18.1 Å². The third-order valence-corrected chi connectivity index (χ3v) is 2.89. The summed E-state index contributed by atoms with van der Waals surface area (Å²) >= 11 is 0. The molecule has 0 spiro atoms. The highest BCUT2D eigenvalue weighted by molar-refractivity contribution is 5.42. The molecule has 0 N–H and O–H groups in total. The van der Waals surface area contributed by atoms with E-state index >= 15 is 0 Å². The normalized spacial score (nSPS) is 13.4. The number of fused-ring (bicyclic) bond motifs is 1. The second kappa shape index (κ2) is 3.45. The second-order valence-corrected chi connectivity index (χ2v) is 3.90. The largest absolute Gasteiger partial charge is 0.304 e. The minimum Gasteiger partial charge on any atom is -0.304 e. The maximum Gasteiger partial charge on any atom is 0.136 e. The lowest BCUT2D eigenvalue weighted by atomic mass is 10.0. The number of rotatable bonds is 2. The van der Waals surface area contributed by atoms with Crippen molar-refractivity contribution in [2.24, 2.45) is 0 Å². The summed E-state index contributed by atoms with van der Waals surface area (Å²) < 4.78 is 2.15. The van der Waals surface area contributed by atoms with Crippen molar-refractivity contribution in [3.63, 3.8) is 0 Å². The minimum atomic E-state index is 0.626. The van der Waals surface area contributed by atoms with E-state index in [2.05, 4.69) is 48.5 Å². The first-order valence-corrected chi connectivity index (χ1v) is 5.16. The molecule has 2 heterocycles. The van der Waals surface area contributed by atoms with Gasteiger partial charge in [-0.3, -0.25) is 0 Å². The molecule has 0 radical (unpaired) electrons. The van der Waals surface area contributed by atoms with Gasteiger partial charge in [-0.15, -0.1) is 0 Å². The standard InChI is InChI=1S/C12H16N2/c1-4-9(2)11-5-6-12-13-7-10(3)14(12)8-11/h5-9H,4H2,1-3H3. The van der Waals surface area contributed by atoms with Crippen LogP contribution < -0.4 is 0 Å². The molecule has 0 saturated heterocycles. The van der Waals surface area contributed by atoms with Gasteiger partial charge in [-0.1, -0.05) is 19.9 Å². The van der Waals surface area contributed by atoms with Gasteiger partial charge < -0.3 is 4.40 Å². The predicted molar refractivity (Wildman–Crippen MR) is 58.6 cm³/mol. The Balaban J connectivity index is 2.54. The number of nitrogens with zero attached hydrogens (tertiary/aromatic N) is 2. The monoisotopic (exact) mass is 188 g/mol. The second-order valence-electron chi connectivity index (χ2n) is 3.90. The first kappa shape index (κ1) is 9.25. The van der Waals surface area contributed by atoms with E-state index in [0.29, 0.717) is 5.92 Å². The first-order valence-electron chi connectivity index (χ1n) is 5.16. The number of pyridine rings is 1. The molecule has 2 rings (SSSR count). The van der Waals surface area contributed by atoms with Gasteiger partial charge in [-0.05, 0) is 30.9 Å². The van der Waals surface area contributed by atoms with Crippen molar-refractivity contribution in [2.45, 2.75) is 33.1 Å². The van der Waals surface area contributed by atoms with Crippen LogP contribution in [-0.4, -0.2) is 9.38 Å². The van der Waals surface area contributed by atoms with Crippen LogP contribution in [0.4, 0.5) is 0 Å². The predicted octanol–water partition coefficient (Wildman–Crippen LogP) is 3.16. The number of aryl methyl sites for hydroxylation is 1. The molecule has 74 valence electrons. The summed E-state index contributed by atoms with van der Waals surface area (Å²) in [6.45, 7) is 6.56. The molecule has 0 aromatic carbocycles. The third-order valence-electron chi connectivity index (χ3n) is 2.89. The summed E-state index contributed by atoms with van der Waals surface area (Å²) in [6, 6.07) is 4.27. The molecule has 0 aliphatic rings. The van der Waals surface area contributed by atoms with Gasteiger partial charge in [0.05, 0.1) is 0 Å². The average molecular weight is 188 g/mol. The molecule has 0 fully saturated rings. The molecular formula is C12H16N2. The van der Waals surface area contributed by atoms with Crippen LogP contribution in [0.1, 0.15) is 37.4 Å².